The fourth-order valence-corrected chi connectivity index (χ4v) is 4.09. The van der Waals surface area contributed by atoms with Crippen LogP contribution < -0.4 is 5.32 Å². The molecule has 0 aliphatic carbocycles. The minimum atomic E-state index is -0.643. The second-order valence-corrected chi connectivity index (χ2v) is 7.80. The molecule has 1 aromatic carbocycles. The number of thiophene rings is 1. The normalized spacial score (nSPS) is 18.6. The van der Waals surface area contributed by atoms with Crippen LogP contribution in [0.1, 0.15) is 17.4 Å². The summed E-state index contributed by atoms with van der Waals surface area (Å²) < 4.78 is 19.4. The number of aliphatic hydroxyl groups is 1. The van der Waals surface area contributed by atoms with Crippen LogP contribution in [0.3, 0.4) is 0 Å². The van der Waals surface area contributed by atoms with Crippen LogP contribution in [0.4, 0.5) is 14.9 Å². The fraction of sp³-hybridized carbons (Fsp3) is 0.389. The smallest absolute Gasteiger partial charge is 0.322 e. The van der Waals surface area contributed by atoms with Crippen molar-refractivity contribution in [3.63, 3.8) is 0 Å². The van der Waals surface area contributed by atoms with Gasteiger partial charge in [-0.25, -0.2) is 9.18 Å². The third-order valence-electron chi connectivity index (χ3n) is 4.26. The number of benzene rings is 1. The fourth-order valence-electron chi connectivity index (χ4n) is 2.91. The lowest BCUT2D eigenvalue weighted by Gasteiger charge is -2.36. The Kier molecular flexibility index (Phi) is 6.53. The summed E-state index contributed by atoms with van der Waals surface area (Å²) in [4.78, 5) is 15.7. The molecule has 8 heteroatoms. The lowest BCUT2D eigenvalue weighted by molar-refractivity contribution is -0.00382. The maximum Gasteiger partial charge on any atom is 0.322 e. The lowest BCUT2D eigenvalue weighted by Crippen LogP contribution is -2.50. The molecule has 26 heavy (non-hydrogen) atoms. The summed E-state index contributed by atoms with van der Waals surface area (Å²) in [5.41, 5.74) is 0.411. The number of aliphatic hydroxyl groups excluding tert-OH is 1. The number of morpholine rings is 1. The quantitative estimate of drug-likeness (QED) is 0.751. The van der Waals surface area contributed by atoms with Crippen LogP contribution in [0.25, 0.3) is 0 Å². The number of nitrogens with one attached hydrogen (secondary N) is 1. The van der Waals surface area contributed by atoms with Crippen molar-refractivity contribution in [3.05, 3.63) is 46.4 Å². The monoisotopic (exact) mass is 396 g/mol. The van der Waals surface area contributed by atoms with Crippen LogP contribution in [0.15, 0.2) is 40.6 Å². The number of anilines is 1. The highest BCUT2D eigenvalue weighted by atomic mass is 32.2. The van der Waals surface area contributed by atoms with Gasteiger partial charge in [-0.2, -0.15) is 0 Å². The molecule has 1 saturated heterocycles. The first-order valence-electron chi connectivity index (χ1n) is 8.29. The molecule has 1 aliphatic rings. The molecule has 1 aliphatic heterocycles. The van der Waals surface area contributed by atoms with E-state index in [1.54, 1.807) is 23.3 Å². The SMILES string of the molecule is CSc1ccc(NC(=O)N2CCOC[C@H]2C[C@@H](O)c2cccs2)cc1F. The third-order valence-corrected chi connectivity index (χ3v) is 6.00. The highest BCUT2D eigenvalue weighted by Gasteiger charge is 2.30. The van der Waals surface area contributed by atoms with E-state index in [0.717, 1.165) is 4.88 Å². The van der Waals surface area contributed by atoms with Crippen molar-refractivity contribution in [3.8, 4) is 0 Å². The van der Waals surface area contributed by atoms with Gasteiger partial charge in [0.05, 0.1) is 25.4 Å². The number of hydrogen-bond donors (Lipinski definition) is 2. The van der Waals surface area contributed by atoms with Crippen LogP contribution >= 0.6 is 23.1 Å². The predicted octanol–water partition coefficient (Wildman–Crippen LogP) is 3.97. The standard InChI is InChI=1S/C18H21FN2O3S2/c1-25-16-5-4-12(9-14(16)19)20-18(23)21-6-7-24-11-13(21)10-15(22)17-3-2-8-26-17/h2-5,8-9,13,15,22H,6-7,10-11H2,1H3,(H,20,23)/t13-,15-/m1/s1. The van der Waals surface area contributed by atoms with Crippen molar-refractivity contribution in [2.24, 2.45) is 0 Å². The number of halogens is 1. The number of carbonyl (C=O) groups excluding carboxylic acids is 1. The maximum atomic E-state index is 13.9. The van der Waals surface area contributed by atoms with Crippen molar-refractivity contribution >= 4 is 34.8 Å². The van der Waals surface area contributed by atoms with Gasteiger partial charge in [-0.15, -0.1) is 23.1 Å². The van der Waals surface area contributed by atoms with Crippen LogP contribution in [0, 0.1) is 5.82 Å². The molecule has 0 spiro atoms. The number of urea groups is 1. The Morgan fingerprint density at radius 3 is 3.08 bits per heavy atom. The maximum absolute atomic E-state index is 13.9. The zero-order valence-corrected chi connectivity index (χ0v) is 16.0. The number of carbonyl (C=O) groups is 1. The van der Waals surface area contributed by atoms with Gasteiger partial charge in [0.2, 0.25) is 0 Å². The average molecular weight is 397 g/mol. The van der Waals surface area contributed by atoms with Gasteiger partial charge in [-0.1, -0.05) is 6.07 Å². The molecule has 3 rings (SSSR count). The predicted molar refractivity (Wildman–Crippen MR) is 102 cm³/mol. The Balaban J connectivity index is 1.66. The van der Waals surface area contributed by atoms with E-state index in [1.807, 2.05) is 17.5 Å². The van der Waals surface area contributed by atoms with E-state index in [9.17, 15) is 14.3 Å². The van der Waals surface area contributed by atoms with E-state index >= 15 is 0 Å². The van der Waals surface area contributed by atoms with Crippen molar-refractivity contribution in [1.82, 2.24) is 4.90 Å². The van der Waals surface area contributed by atoms with Crippen LogP contribution in [0.2, 0.25) is 0 Å². The molecule has 2 N–H and O–H groups in total. The molecular formula is C18H21FN2O3S2. The molecule has 1 aromatic heterocycles. The van der Waals surface area contributed by atoms with E-state index < -0.39 is 6.10 Å². The largest absolute Gasteiger partial charge is 0.387 e. The van der Waals surface area contributed by atoms with E-state index in [4.69, 9.17) is 4.74 Å². The van der Waals surface area contributed by atoms with Crippen molar-refractivity contribution in [1.29, 1.82) is 0 Å². The number of thioether (sulfide) groups is 1. The van der Waals surface area contributed by atoms with Gasteiger partial charge in [0, 0.05) is 28.4 Å². The Hall–Kier alpha value is -1.61. The van der Waals surface area contributed by atoms with Gasteiger partial charge in [-0.05, 0) is 35.9 Å². The first-order valence-corrected chi connectivity index (χ1v) is 10.4. The summed E-state index contributed by atoms with van der Waals surface area (Å²) in [7, 11) is 0. The van der Waals surface area contributed by atoms with Gasteiger partial charge in [0.15, 0.2) is 0 Å². The van der Waals surface area contributed by atoms with Crippen LogP contribution in [0.5, 0.6) is 0 Å². The number of ether oxygens (including phenoxy) is 1. The number of nitrogens with zero attached hydrogens (tertiary/aromatic N) is 1. The van der Waals surface area contributed by atoms with Gasteiger partial charge in [-0.3, -0.25) is 0 Å². The van der Waals surface area contributed by atoms with Gasteiger partial charge in [0.1, 0.15) is 5.82 Å². The Morgan fingerprint density at radius 2 is 2.38 bits per heavy atom. The van der Waals surface area contributed by atoms with E-state index in [1.165, 1.54) is 29.2 Å². The van der Waals surface area contributed by atoms with Crippen molar-refractivity contribution in [2.45, 2.75) is 23.5 Å². The molecule has 0 bridgehead atoms. The van der Waals surface area contributed by atoms with E-state index in [-0.39, 0.29) is 17.9 Å². The first-order chi connectivity index (χ1) is 12.6. The van der Waals surface area contributed by atoms with E-state index in [2.05, 4.69) is 5.32 Å². The van der Waals surface area contributed by atoms with Gasteiger partial charge < -0.3 is 20.1 Å². The first kappa shape index (κ1) is 19.2. The molecule has 2 atom stereocenters. The zero-order valence-electron chi connectivity index (χ0n) is 14.4. The molecule has 0 radical (unpaired) electrons. The summed E-state index contributed by atoms with van der Waals surface area (Å²) in [6.45, 7) is 1.24. The molecule has 140 valence electrons. The number of amides is 2. The van der Waals surface area contributed by atoms with Crippen LogP contribution in [-0.2, 0) is 4.74 Å². The lowest BCUT2D eigenvalue weighted by atomic mass is 10.1. The minimum Gasteiger partial charge on any atom is -0.387 e. The second-order valence-electron chi connectivity index (χ2n) is 5.97. The molecule has 2 aromatic rings. The Labute approximate surface area is 160 Å². The van der Waals surface area contributed by atoms with Crippen molar-refractivity contribution < 1.29 is 19.0 Å². The highest BCUT2D eigenvalue weighted by molar-refractivity contribution is 7.98. The average Bonchev–Trinajstić information content (AvgIpc) is 3.17. The summed E-state index contributed by atoms with van der Waals surface area (Å²) in [6, 6.07) is 7.86. The molecule has 0 unspecified atom stereocenters. The number of rotatable bonds is 5. The Bertz CT molecular complexity index is 742. The zero-order chi connectivity index (χ0) is 18.5. The summed E-state index contributed by atoms with van der Waals surface area (Å²) in [5.74, 6) is -0.359. The molecule has 0 saturated carbocycles. The minimum absolute atomic E-state index is 0.240. The summed E-state index contributed by atoms with van der Waals surface area (Å²) in [5, 5.41) is 15.0. The summed E-state index contributed by atoms with van der Waals surface area (Å²) >= 11 is 2.80. The van der Waals surface area contributed by atoms with Gasteiger partial charge >= 0.3 is 6.03 Å². The number of hydrogen-bond acceptors (Lipinski definition) is 5. The third kappa shape index (κ3) is 4.56. The molecule has 2 amide bonds. The molecule has 1 fully saturated rings. The van der Waals surface area contributed by atoms with Gasteiger partial charge in [0.25, 0.3) is 0 Å². The van der Waals surface area contributed by atoms with Crippen molar-refractivity contribution in [2.75, 3.05) is 31.3 Å². The molecule has 2 heterocycles. The second kappa shape index (κ2) is 8.85. The highest BCUT2D eigenvalue weighted by Crippen LogP contribution is 2.27. The molecular weight excluding hydrogens is 375 g/mol. The summed E-state index contributed by atoms with van der Waals surface area (Å²) in [6.07, 6.45) is 1.55. The van der Waals surface area contributed by atoms with Crippen LogP contribution in [-0.4, -0.2) is 48.1 Å². The molecule has 5 nitrogen and oxygen atoms in total. The topological polar surface area (TPSA) is 61.8 Å². The Morgan fingerprint density at radius 1 is 1.54 bits per heavy atom. The van der Waals surface area contributed by atoms with E-state index in [0.29, 0.717) is 36.8 Å².